The molecular formula is C25H31N3O3. The summed E-state index contributed by atoms with van der Waals surface area (Å²) in [5, 5.41) is 14.2. The number of allylic oxidation sites excluding steroid dienone is 3. The van der Waals surface area contributed by atoms with Crippen molar-refractivity contribution in [2.24, 2.45) is 7.05 Å². The second-order valence-corrected chi connectivity index (χ2v) is 8.60. The van der Waals surface area contributed by atoms with Gasteiger partial charge in [-0.1, -0.05) is 13.0 Å². The number of carbonyl (C=O) groups excluding carboxylic acids is 1. The number of aryl methyl sites for hydroxylation is 1. The number of carboxylic acid groups (broad SMARTS) is 1. The molecule has 1 aromatic carbocycles. The SMILES string of the molecule is CCC1=C(c2ccc3c(c2)cc(C2CNCCN2C)n3C)CCCC(=O)C(C(=O)O)=C1. The van der Waals surface area contributed by atoms with E-state index >= 15 is 0 Å². The monoisotopic (exact) mass is 421 g/mol. The summed E-state index contributed by atoms with van der Waals surface area (Å²) in [5.74, 6) is -1.41. The van der Waals surface area contributed by atoms with Crippen LogP contribution in [0.3, 0.4) is 0 Å². The molecule has 1 aliphatic carbocycles. The zero-order valence-electron chi connectivity index (χ0n) is 18.6. The van der Waals surface area contributed by atoms with Crippen molar-refractivity contribution < 1.29 is 14.7 Å². The number of carbonyl (C=O) groups is 2. The Labute approximate surface area is 183 Å². The van der Waals surface area contributed by atoms with Crippen LogP contribution in [0.1, 0.15) is 49.9 Å². The molecule has 164 valence electrons. The maximum Gasteiger partial charge on any atom is 0.339 e. The topological polar surface area (TPSA) is 74.6 Å². The smallest absolute Gasteiger partial charge is 0.339 e. The highest BCUT2D eigenvalue weighted by Gasteiger charge is 2.25. The summed E-state index contributed by atoms with van der Waals surface area (Å²) >= 11 is 0. The maximum atomic E-state index is 12.2. The zero-order chi connectivity index (χ0) is 22.1. The lowest BCUT2D eigenvalue weighted by atomic mass is 9.88. The van der Waals surface area contributed by atoms with Crippen molar-refractivity contribution >= 4 is 28.2 Å². The van der Waals surface area contributed by atoms with Gasteiger partial charge in [0.25, 0.3) is 0 Å². The van der Waals surface area contributed by atoms with Gasteiger partial charge in [0.2, 0.25) is 0 Å². The van der Waals surface area contributed by atoms with Gasteiger partial charge >= 0.3 is 5.97 Å². The number of nitrogens with zero attached hydrogens (tertiary/aromatic N) is 2. The van der Waals surface area contributed by atoms with Crippen LogP contribution in [0.5, 0.6) is 0 Å². The number of Topliss-reactive ketones (excluding diaryl/α,β-unsaturated/α-hetero) is 1. The van der Waals surface area contributed by atoms with Gasteiger partial charge in [-0.15, -0.1) is 0 Å². The van der Waals surface area contributed by atoms with Crippen molar-refractivity contribution in [2.75, 3.05) is 26.7 Å². The Hall–Kier alpha value is -2.70. The number of piperazine rings is 1. The summed E-state index contributed by atoms with van der Waals surface area (Å²) in [6.07, 6.45) is 4.01. The van der Waals surface area contributed by atoms with Gasteiger partial charge in [0.15, 0.2) is 5.78 Å². The van der Waals surface area contributed by atoms with E-state index in [1.54, 1.807) is 6.08 Å². The number of hydrogen-bond donors (Lipinski definition) is 2. The Morgan fingerprint density at radius 3 is 2.74 bits per heavy atom. The Morgan fingerprint density at radius 1 is 1.23 bits per heavy atom. The van der Waals surface area contributed by atoms with E-state index in [1.807, 2.05) is 6.92 Å². The van der Waals surface area contributed by atoms with E-state index in [0.29, 0.717) is 18.9 Å². The molecule has 6 nitrogen and oxygen atoms in total. The summed E-state index contributed by atoms with van der Waals surface area (Å²) in [6.45, 7) is 5.00. The molecule has 2 aromatic rings. The second-order valence-electron chi connectivity index (χ2n) is 8.60. The molecule has 0 saturated carbocycles. The lowest BCUT2D eigenvalue weighted by Crippen LogP contribution is -2.44. The molecule has 4 rings (SSSR count). The third-order valence-corrected chi connectivity index (χ3v) is 6.73. The highest BCUT2D eigenvalue weighted by molar-refractivity contribution is 6.17. The van der Waals surface area contributed by atoms with Crippen LogP contribution in [0, 0.1) is 0 Å². The van der Waals surface area contributed by atoms with Crippen LogP contribution in [0.2, 0.25) is 0 Å². The van der Waals surface area contributed by atoms with Gasteiger partial charge in [-0.2, -0.15) is 0 Å². The van der Waals surface area contributed by atoms with E-state index in [9.17, 15) is 14.7 Å². The molecule has 1 atom stereocenters. The predicted molar refractivity (Wildman–Crippen MR) is 123 cm³/mol. The number of nitrogens with one attached hydrogen (secondary N) is 1. The number of likely N-dealkylation sites (N-methyl/N-ethyl adjacent to an activating group) is 1. The van der Waals surface area contributed by atoms with Crippen LogP contribution in [0.25, 0.3) is 16.5 Å². The van der Waals surface area contributed by atoms with Crippen molar-refractivity contribution in [3.63, 3.8) is 0 Å². The Kier molecular flexibility index (Phi) is 6.12. The molecule has 6 heteroatoms. The lowest BCUT2D eigenvalue weighted by molar-refractivity contribution is -0.134. The number of aliphatic carboxylic acids is 1. The minimum Gasteiger partial charge on any atom is -0.478 e. The maximum absolute atomic E-state index is 12.2. The van der Waals surface area contributed by atoms with E-state index in [2.05, 4.69) is 53.1 Å². The fraction of sp³-hybridized carbons (Fsp3) is 0.440. The van der Waals surface area contributed by atoms with Crippen molar-refractivity contribution in [2.45, 2.75) is 38.6 Å². The van der Waals surface area contributed by atoms with Crippen LogP contribution < -0.4 is 5.32 Å². The van der Waals surface area contributed by atoms with Crippen LogP contribution in [-0.2, 0) is 16.6 Å². The highest BCUT2D eigenvalue weighted by atomic mass is 16.4. The van der Waals surface area contributed by atoms with Gasteiger partial charge in [-0.3, -0.25) is 9.69 Å². The molecule has 2 aliphatic rings. The first kappa shape index (κ1) is 21.5. The zero-order valence-corrected chi connectivity index (χ0v) is 18.6. The molecule has 0 spiro atoms. The number of hydrogen-bond acceptors (Lipinski definition) is 4. The van der Waals surface area contributed by atoms with Crippen molar-refractivity contribution in [1.29, 1.82) is 0 Å². The van der Waals surface area contributed by atoms with Gasteiger partial charge < -0.3 is 15.0 Å². The second kappa shape index (κ2) is 8.81. The fourth-order valence-corrected chi connectivity index (χ4v) is 4.90. The minimum absolute atomic E-state index is 0.0926. The number of carboxylic acids is 1. The van der Waals surface area contributed by atoms with Crippen LogP contribution in [0.4, 0.5) is 0 Å². The average molecular weight is 422 g/mol. The summed E-state index contributed by atoms with van der Waals surface area (Å²) in [7, 11) is 4.30. The lowest BCUT2D eigenvalue weighted by Gasteiger charge is -2.33. The fourth-order valence-electron chi connectivity index (χ4n) is 4.90. The van der Waals surface area contributed by atoms with E-state index in [4.69, 9.17) is 0 Å². The van der Waals surface area contributed by atoms with E-state index in [1.165, 1.54) is 16.6 Å². The summed E-state index contributed by atoms with van der Waals surface area (Å²) in [4.78, 5) is 26.2. The molecule has 1 saturated heterocycles. The quantitative estimate of drug-likeness (QED) is 0.737. The van der Waals surface area contributed by atoms with Gasteiger partial charge in [-0.25, -0.2) is 4.79 Å². The highest BCUT2D eigenvalue weighted by Crippen LogP contribution is 2.34. The number of rotatable bonds is 4. The Morgan fingerprint density at radius 2 is 2.03 bits per heavy atom. The molecule has 1 aliphatic heterocycles. The summed E-state index contributed by atoms with van der Waals surface area (Å²) in [6, 6.07) is 9.14. The molecule has 2 heterocycles. The largest absolute Gasteiger partial charge is 0.478 e. The predicted octanol–water partition coefficient (Wildman–Crippen LogP) is 3.68. The van der Waals surface area contributed by atoms with Gasteiger partial charge in [-0.05, 0) is 67.3 Å². The number of fused-ring (bicyclic) bond motifs is 1. The van der Waals surface area contributed by atoms with Gasteiger partial charge in [0.05, 0.1) is 6.04 Å². The van der Waals surface area contributed by atoms with Crippen molar-refractivity contribution in [3.05, 3.63) is 52.7 Å². The molecule has 1 unspecified atom stereocenters. The van der Waals surface area contributed by atoms with E-state index in [-0.39, 0.29) is 17.8 Å². The first-order valence-corrected chi connectivity index (χ1v) is 11.1. The van der Waals surface area contributed by atoms with Crippen LogP contribution in [-0.4, -0.2) is 53.0 Å². The standard InChI is InChI=1S/C25H31N3O3/c1-4-16-13-20(25(30)31)24(29)7-5-6-19(16)17-8-9-21-18(12-17)14-22(28(21)3)23-15-26-10-11-27(23)2/h8-9,12-14,23,26H,4-7,10-11,15H2,1-3H3,(H,30,31). The molecule has 0 bridgehead atoms. The molecule has 1 fully saturated rings. The van der Waals surface area contributed by atoms with Gasteiger partial charge in [0.1, 0.15) is 5.57 Å². The third-order valence-electron chi connectivity index (χ3n) is 6.73. The average Bonchev–Trinajstić information content (AvgIpc) is 3.06. The number of aromatic nitrogens is 1. The number of benzene rings is 1. The normalized spacial score (nSPS) is 21.2. The first-order chi connectivity index (χ1) is 14.9. The minimum atomic E-state index is -1.13. The summed E-state index contributed by atoms with van der Waals surface area (Å²) < 4.78 is 2.28. The van der Waals surface area contributed by atoms with E-state index in [0.717, 1.165) is 42.8 Å². The molecular weight excluding hydrogens is 390 g/mol. The first-order valence-electron chi connectivity index (χ1n) is 11.1. The summed E-state index contributed by atoms with van der Waals surface area (Å²) in [5.41, 5.74) is 5.61. The molecule has 0 amide bonds. The molecule has 2 N–H and O–H groups in total. The van der Waals surface area contributed by atoms with E-state index < -0.39 is 5.97 Å². The van der Waals surface area contributed by atoms with Gasteiger partial charge in [0, 0.05) is 49.7 Å². The Bertz CT molecular complexity index is 1090. The van der Waals surface area contributed by atoms with Crippen LogP contribution >= 0.6 is 0 Å². The molecule has 31 heavy (non-hydrogen) atoms. The Balaban J connectivity index is 1.79. The van der Waals surface area contributed by atoms with Crippen LogP contribution in [0.15, 0.2) is 41.5 Å². The third kappa shape index (κ3) is 4.10. The molecule has 0 radical (unpaired) electrons. The number of ketones is 1. The van der Waals surface area contributed by atoms with Crippen molar-refractivity contribution in [1.82, 2.24) is 14.8 Å². The molecule has 1 aromatic heterocycles. The van der Waals surface area contributed by atoms with Crippen molar-refractivity contribution in [3.8, 4) is 0 Å².